The monoisotopic (exact) mass is 167 g/mol. The summed E-state index contributed by atoms with van der Waals surface area (Å²) >= 11 is 0. The lowest BCUT2D eigenvalue weighted by Crippen LogP contribution is -2.21. The minimum absolute atomic E-state index is 0.213. The van der Waals surface area contributed by atoms with Gasteiger partial charge in [-0.1, -0.05) is 0 Å². The first kappa shape index (κ1) is 7.83. The Labute approximate surface area is 71.2 Å². The average molecular weight is 167 g/mol. The second-order valence-electron chi connectivity index (χ2n) is 3.43. The van der Waals surface area contributed by atoms with E-state index in [1.54, 1.807) is 6.26 Å². The molecule has 2 atom stereocenters. The Bertz CT molecular complexity index is 258. The molecule has 1 aromatic rings. The maximum Gasteiger partial charge on any atom is 0.123 e. The quantitative estimate of drug-likeness (QED) is 0.701. The van der Waals surface area contributed by atoms with Crippen LogP contribution in [0.4, 0.5) is 0 Å². The van der Waals surface area contributed by atoms with Crippen molar-refractivity contribution in [2.75, 3.05) is 6.61 Å². The van der Waals surface area contributed by atoms with Crippen molar-refractivity contribution in [3.05, 3.63) is 24.2 Å². The van der Waals surface area contributed by atoms with Crippen LogP contribution < -0.4 is 5.73 Å². The zero-order valence-corrected chi connectivity index (χ0v) is 6.86. The van der Waals surface area contributed by atoms with E-state index in [-0.39, 0.29) is 12.1 Å². The van der Waals surface area contributed by atoms with Crippen molar-refractivity contribution in [1.82, 2.24) is 0 Å². The summed E-state index contributed by atoms with van der Waals surface area (Å²) < 4.78 is 5.23. The zero-order chi connectivity index (χ0) is 8.60. The van der Waals surface area contributed by atoms with Gasteiger partial charge >= 0.3 is 0 Å². The summed E-state index contributed by atoms with van der Waals surface area (Å²) in [4.78, 5) is 0. The molecule has 2 rings (SSSR count). The molecular formula is C9H13NO2. The number of hydrogen-bond acceptors (Lipinski definition) is 3. The highest BCUT2D eigenvalue weighted by molar-refractivity contribution is 5.22. The Morgan fingerprint density at radius 2 is 2.58 bits per heavy atom. The third-order valence-corrected chi connectivity index (χ3v) is 2.61. The van der Waals surface area contributed by atoms with Gasteiger partial charge in [0.05, 0.1) is 11.8 Å². The first-order valence-electron chi connectivity index (χ1n) is 4.21. The predicted octanol–water partition coefficient (Wildman–Crippen LogP) is 0.836. The molecule has 3 N–H and O–H groups in total. The average Bonchev–Trinajstić information content (AvgIpc) is 2.57. The fourth-order valence-corrected chi connectivity index (χ4v) is 1.71. The first-order valence-corrected chi connectivity index (χ1v) is 4.21. The van der Waals surface area contributed by atoms with Crippen LogP contribution in [-0.2, 0) is 5.54 Å². The van der Waals surface area contributed by atoms with Gasteiger partial charge in [-0.05, 0) is 30.9 Å². The van der Waals surface area contributed by atoms with Crippen molar-refractivity contribution in [3.8, 4) is 0 Å². The Hall–Kier alpha value is -0.800. The second-order valence-corrected chi connectivity index (χ2v) is 3.43. The van der Waals surface area contributed by atoms with Crippen LogP contribution in [0.15, 0.2) is 22.8 Å². The van der Waals surface area contributed by atoms with Crippen LogP contribution in [0.1, 0.15) is 18.6 Å². The van der Waals surface area contributed by atoms with Crippen molar-refractivity contribution in [2.45, 2.75) is 18.4 Å². The molecule has 12 heavy (non-hydrogen) atoms. The van der Waals surface area contributed by atoms with Gasteiger partial charge in [0.2, 0.25) is 0 Å². The summed E-state index contributed by atoms with van der Waals surface area (Å²) in [6.07, 6.45) is 3.34. The Kier molecular flexibility index (Phi) is 1.70. The van der Waals surface area contributed by atoms with Gasteiger partial charge in [-0.15, -0.1) is 0 Å². The topological polar surface area (TPSA) is 59.4 Å². The third-order valence-electron chi connectivity index (χ3n) is 2.61. The largest absolute Gasteiger partial charge is 0.467 e. The van der Waals surface area contributed by atoms with Crippen LogP contribution in [0.2, 0.25) is 0 Å². The molecule has 3 nitrogen and oxygen atoms in total. The molecule has 1 aromatic heterocycles. The van der Waals surface area contributed by atoms with E-state index in [9.17, 15) is 0 Å². The summed E-state index contributed by atoms with van der Waals surface area (Å²) in [5.74, 6) is 1.25. The molecule has 0 radical (unpaired) electrons. The number of nitrogens with two attached hydrogens (primary N) is 1. The lowest BCUT2D eigenvalue weighted by Gasteiger charge is -2.06. The maximum atomic E-state index is 8.72. The van der Waals surface area contributed by atoms with Gasteiger partial charge < -0.3 is 15.3 Å². The van der Waals surface area contributed by atoms with Gasteiger partial charge in [0.15, 0.2) is 0 Å². The molecule has 0 amide bonds. The van der Waals surface area contributed by atoms with Crippen LogP contribution in [0.25, 0.3) is 0 Å². The van der Waals surface area contributed by atoms with Gasteiger partial charge in [-0.2, -0.15) is 0 Å². The van der Waals surface area contributed by atoms with E-state index >= 15 is 0 Å². The summed E-state index contributed by atoms with van der Waals surface area (Å²) in [6, 6.07) is 3.75. The van der Waals surface area contributed by atoms with Crippen molar-refractivity contribution >= 4 is 0 Å². The number of furan rings is 1. The molecule has 1 heterocycles. The minimum atomic E-state index is -0.285. The summed E-state index contributed by atoms with van der Waals surface area (Å²) in [7, 11) is 0. The standard InChI is InChI=1S/C9H13NO2/c10-9(6-7(9)3-4-11)8-2-1-5-12-8/h1-2,5,7,11H,3-4,6,10H2/t7-,9+/m0/s1. The summed E-state index contributed by atoms with van der Waals surface area (Å²) in [5, 5.41) is 8.72. The van der Waals surface area contributed by atoms with E-state index in [1.165, 1.54) is 0 Å². The molecule has 0 aromatic carbocycles. The van der Waals surface area contributed by atoms with Crippen molar-refractivity contribution < 1.29 is 9.52 Å². The van der Waals surface area contributed by atoms with E-state index in [2.05, 4.69) is 0 Å². The van der Waals surface area contributed by atoms with E-state index in [0.29, 0.717) is 5.92 Å². The van der Waals surface area contributed by atoms with Gasteiger partial charge in [0.1, 0.15) is 5.76 Å². The SMILES string of the molecule is N[C@]1(c2ccco2)C[C@@H]1CCO. The zero-order valence-electron chi connectivity index (χ0n) is 6.86. The van der Waals surface area contributed by atoms with Crippen LogP contribution in [0.3, 0.4) is 0 Å². The van der Waals surface area contributed by atoms with Crippen molar-refractivity contribution in [1.29, 1.82) is 0 Å². The molecule has 0 saturated heterocycles. The highest BCUT2D eigenvalue weighted by Crippen LogP contribution is 2.51. The molecule has 1 fully saturated rings. The second kappa shape index (κ2) is 2.61. The predicted molar refractivity (Wildman–Crippen MR) is 44.4 cm³/mol. The molecule has 1 aliphatic rings. The van der Waals surface area contributed by atoms with E-state index in [0.717, 1.165) is 18.6 Å². The number of aliphatic hydroxyl groups is 1. The fourth-order valence-electron chi connectivity index (χ4n) is 1.71. The fraction of sp³-hybridized carbons (Fsp3) is 0.556. The molecular weight excluding hydrogens is 154 g/mol. The van der Waals surface area contributed by atoms with Crippen LogP contribution in [-0.4, -0.2) is 11.7 Å². The number of aliphatic hydroxyl groups excluding tert-OH is 1. The Balaban J connectivity index is 2.07. The summed E-state index contributed by atoms with van der Waals surface area (Å²) in [5.41, 5.74) is 5.75. The van der Waals surface area contributed by atoms with E-state index in [1.807, 2.05) is 12.1 Å². The first-order chi connectivity index (χ1) is 5.77. The van der Waals surface area contributed by atoms with Crippen molar-refractivity contribution in [3.63, 3.8) is 0 Å². The van der Waals surface area contributed by atoms with Crippen LogP contribution in [0, 0.1) is 5.92 Å². The molecule has 0 aliphatic heterocycles. The minimum Gasteiger partial charge on any atom is -0.467 e. The van der Waals surface area contributed by atoms with Gasteiger partial charge in [0, 0.05) is 6.61 Å². The van der Waals surface area contributed by atoms with Crippen molar-refractivity contribution in [2.24, 2.45) is 11.7 Å². The lowest BCUT2D eigenvalue weighted by atomic mass is 10.1. The highest BCUT2D eigenvalue weighted by atomic mass is 16.3. The Morgan fingerprint density at radius 1 is 1.75 bits per heavy atom. The van der Waals surface area contributed by atoms with Crippen LogP contribution in [0.5, 0.6) is 0 Å². The Morgan fingerprint density at radius 3 is 3.17 bits per heavy atom. The molecule has 0 spiro atoms. The lowest BCUT2D eigenvalue weighted by molar-refractivity contribution is 0.272. The maximum absolute atomic E-state index is 8.72. The third kappa shape index (κ3) is 1.06. The van der Waals surface area contributed by atoms with Crippen LogP contribution >= 0.6 is 0 Å². The number of hydrogen-bond donors (Lipinski definition) is 2. The molecule has 1 aliphatic carbocycles. The van der Waals surface area contributed by atoms with Gasteiger partial charge in [-0.25, -0.2) is 0 Å². The van der Waals surface area contributed by atoms with Gasteiger partial charge in [-0.3, -0.25) is 0 Å². The molecule has 1 saturated carbocycles. The molecule has 3 heteroatoms. The van der Waals surface area contributed by atoms with E-state index in [4.69, 9.17) is 15.3 Å². The van der Waals surface area contributed by atoms with E-state index < -0.39 is 0 Å². The molecule has 0 unspecified atom stereocenters. The molecule has 66 valence electrons. The highest BCUT2D eigenvalue weighted by Gasteiger charge is 2.53. The normalized spacial score (nSPS) is 33.7. The molecule has 0 bridgehead atoms. The smallest absolute Gasteiger partial charge is 0.123 e. The summed E-state index contributed by atoms with van der Waals surface area (Å²) in [6.45, 7) is 0.213. The van der Waals surface area contributed by atoms with Gasteiger partial charge in [0.25, 0.3) is 0 Å². The number of rotatable bonds is 3.